The topological polar surface area (TPSA) is 80.0 Å². The fourth-order valence-electron chi connectivity index (χ4n) is 1.95. The van der Waals surface area contributed by atoms with Gasteiger partial charge in [-0.2, -0.15) is 0 Å². The van der Waals surface area contributed by atoms with E-state index < -0.39 is 0 Å². The number of amides is 1. The van der Waals surface area contributed by atoms with Crippen LogP contribution in [0.5, 0.6) is 0 Å². The van der Waals surface area contributed by atoms with Crippen LogP contribution in [-0.4, -0.2) is 16.9 Å². The normalized spacial score (nSPS) is 17.1. The molecule has 1 aromatic heterocycles. The van der Waals surface area contributed by atoms with Gasteiger partial charge in [-0.3, -0.25) is 10.6 Å². The highest BCUT2D eigenvalue weighted by Crippen LogP contribution is 2.29. The lowest BCUT2D eigenvalue weighted by Crippen LogP contribution is -2.40. The van der Waals surface area contributed by atoms with E-state index in [-0.39, 0.29) is 11.9 Å². The Kier molecular flexibility index (Phi) is 3.58. The van der Waals surface area contributed by atoms with E-state index in [9.17, 15) is 4.79 Å². The fraction of sp³-hybridized carbons (Fsp3) is 0.500. The van der Waals surface area contributed by atoms with Gasteiger partial charge < -0.3 is 10.7 Å². The number of carbonyl (C=O) groups is 1. The van der Waals surface area contributed by atoms with Gasteiger partial charge in [0, 0.05) is 6.04 Å². The lowest BCUT2D eigenvalue weighted by molar-refractivity contribution is 0.0904. The van der Waals surface area contributed by atoms with Crippen LogP contribution in [0.2, 0.25) is 0 Å². The van der Waals surface area contributed by atoms with Gasteiger partial charge in [-0.15, -0.1) is 0 Å². The molecule has 1 aliphatic rings. The van der Waals surface area contributed by atoms with E-state index in [1.807, 2.05) is 0 Å². The van der Waals surface area contributed by atoms with E-state index >= 15 is 0 Å². The van der Waals surface area contributed by atoms with Crippen molar-refractivity contribution in [2.45, 2.75) is 32.2 Å². The first-order valence-electron chi connectivity index (χ1n) is 5.94. The van der Waals surface area contributed by atoms with Crippen LogP contribution in [0.3, 0.4) is 0 Å². The molecule has 0 radical (unpaired) electrons. The summed E-state index contributed by atoms with van der Waals surface area (Å²) in [6, 6.07) is 3.62. The summed E-state index contributed by atoms with van der Waals surface area (Å²) in [4.78, 5) is 15.9. The number of nitrogens with one attached hydrogen (secondary N) is 2. The van der Waals surface area contributed by atoms with Crippen LogP contribution in [-0.2, 0) is 0 Å². The molecule has 5 heteroatoms. The summed E-state index contributed by atoms with van der Waals surface area (Å²) >= 11 is 0. The van der Waals surface area contributed by atoms with Crippen molar-refractivity contribution in [3.05, 3.63) is 24.0 Å². The van der Waals surface area contributed by atoms with Crippen LogP contribution in [0.25, 0.3) is 0 Å². The molecule has 0 aromatic carbocycles. The highest BCUT2D eigenvalue weighted by atomic mass is 16.1. The molecule has 17 heavy (non-hydrogen) atoms. The molecule has 1 atom stereocenters. The quantitative estimate of drug-likeness (QED) is 0.541. The Hall–Kier alpha value is -1.62. The molecule has 1 aromatic rings. The lowest BCUT2D eigenvalue weighted by atomic mass is 9.80. The largest absolute Gasteiger partial charge is 0.348 e. The van der Waals surface area contributed by atoms with Gasteiger partial charge in [0.1, 0.15) is 5.69 Å². The molecule has 0 aliphatic heterocycles. The van der Waals surface area contributed by atoms with Gasteiger partial charge in [0.2, 0.25) is 0 Å². The number of hydrogen-bond donors (Lipinski definition) is 3. The second-order valence-electron chi connectivity index (χ2n) is 4.53. The molecule has 92 valence electrons. The summed E-state index contributed by atoms with van der Waals surface area (Å²) in [6.45, 7) is 2.05. The van der Waals surface area contributed by atoms with E-state index in [4.69, 9.17) is 5.84 Å². The smallest absolute Gasteiger partial charge is 0.270 e. The number of aromatic nitrogens is 1. The minimum absolute atomic E-state index is 0.118. The fourth-order valence-corrected chi connectivity index (χ4v) is 1.95. The zero-order chi connectivity index (χ0) is 12.3. The number of carbonyl (C=O) groups excluding carboxylic acids is 1. The second kappa shape index (κ2) is 5.14. The molecule has 0 spiro atoms. The van der Waals surface area contributed by atoms with Crippen molar-refractivity contribution in [1.29, 1.82) is 0 Å². The van der Waals surface area contributed by atoms with E-state index in [1.165, 1.54) is 19.3 Å². The van der Waals surface area contributed by atoms with Crippen LogP contribution in [0.15, 0.2) is 18.3 Å². The molecular weight excluding hydrogens is 216 g/mol. The van der Waals surface area contributed by atoms with E-state index in [0.29, 0.717) is 17.3 Å². The second-order valence-corrected chi connectivity index (χ2v) is 4.53. The Morgan fingerprint density at radius 2 is 2.29 bits per heavy atom. The Labute approximate surface area is 101 Å². The predicted octanol–water partition coefficient (Wildman–Crippen LogP) is 1.29. The number of nitrogen functional groups attached to an aromatic ring is 1. The van der Waals surface area contributed by atoms with Crippen LogP contribution in [0, 0.1) is 5.92 Å². The van der Waals surface area contributed by atoms with Gasteiger partial charge in [-0.05, 0) is 37.8 Å². The number of nitrogens with two attached hydrogens (primary N) is 1. The Morgan fingerprint density at radius 3 is 2.76 bits per heavy atom. The number of anilines is 1. The third-order valence-electron chi connectivity index (χ3n) is 3.38. The molecule has 2 rings (SSSR count). The average molecular weight is 234 g/mol. The third-order valence-corrected chi connectivity index (χ3v) is 3.38. The van der Waals surface area contributed by atoms with Crippen LogP contribution in [0.1, 0.15) is 36.7 Å². The molecule has 4 N–H and O–H groups in total. The third kappa shape index (κ3) is 2.74. The summed E-state index contributed by atoms with van der Waals surface area (Å²) < 4.78 is 0. The maximum Gasteiger partial charge on any atom is 0.270 e. The molecule has 1 unspecified atom stereocenters. The molecule has 1 heterocycles. The lowest BCUT2D eigenvalue weighted by Gasteiger charge is -2.31. The van der Waals surface area contributed by atoms with Gasteiger partial charge >= 0.3 is 0 Å². The summed E-state index contributed by atoms with van der Waals surface area (Å²) in [5.41, 5.74) is 3.59. The standard InChI is InChI=1S/C12H18N4O/c1-8(9-3-2-4-9)15-12(17)11-6-5-10(16-13)7-14-11/h5-9,16H,2-4,13H2,1H3,(H,15,17). The van der Waals surface area contributed by atoms with E-state index in [1.54, 1.807) is 18.3 Å². The minimum atomic E-state index is -0.118. The van der Waals surface area contributed by atoms with Gasteiger partial charge in [0.05, 0.1) is 11.9 Å². The molecule has 1 saturated carbocycles. The number of nitrogens with zero attached hydrogens (tertiary/aromatic N) is 1. The zero-order valence-corrected chi connectivity index (χ0v) is 9.94. The summed E-state index contributed by atoms with van der Waals surface area (Å²) in [6.07, 6.45) is 5.25. The summed E-state index contributed by atoms with van der Waals surface area (Å²) in [5, 5.41) is 2.98. The van der Waals surface area contributed by atoms with Gasteiger partial charge in [0.25, 0.3) is 5.91 Å². The summed E-state index contributed by atoms with van der Waals surface area (Å²) in [7, 11) is 0. The Bertz CT molecular complexity index is 386. The average Bonchev–Trinajstić information content (AvgIpc) is 2.26. The van der Waals surface area contributed by atoms with E-state index in [2.05, 4.69) is 22.7 Å². The van der Waals surface area contributed by atoms with Crippen molar-refractivity contribution in [3.63, 3.8) is 0 Å². The molecule has 1 fully saturated rings. The Balaban J connectivity index is 1.93. The number of hydrogen-bond acceptors (Lipinski definition) is 4. The minimum Gasteiger partial charge on any atom is -0.348 e. The first-order valence-corrected chi connectivity index (χ1v) is 5.94. The maximum atomic E-state index is 11.9. The maximum absolute atomic E-state index is 11.9. The highest BCUT2D eigenvalue weighted by Gasteiger charge is 2.25. The van der Waals surface area contributed by atoms with Crippen molar-refractivity contribution >= 4 is 11.6 Å². The molecule has 0 bridgehead atoms. The van der Waals surface area contributed by atoms with Gasteiger partial charge in [-0.25, -0.2) is 4.98 Å². The van der Waals surface area contributed by atoms with Gasteiger partial charge in [-0.1, -0.05) is 6.42 Å². The number of pyridine rings is 1. The highest BCUT2D eigenvalue weighted by molar-refractivity contribution is 5.92. The Morgan fingerprint density at radius 1 is 1.53 bits per heavy atom. The van der Waals surface area contributed by atoms with Crippen molar-refractivity contribution in [2.24, 2.45) is 11.8 Å². The van der Waals surface area contributed by atoms with Crippen LogP contribution >= 0.6 is 0 Å². The first kappa shape index (κ1) is 11.9. The van der Waals surface area contributed by atoms with Crippen molar-refractivity contribution in [2.75, 3.05) is 5.43 Å². The van der Waals surface area contributed by atoms with Gasteiger partial charge in [0.15, 0.2) is 0 Å². The molecular formula is C12H18N4O. The monoisotopic (exact) mass is 234 g/mol. The SMILES string of the molecule is CC(NC(=O)c1ccc(NN)cn1)C1CCC1. The zero-order valence-electron chi connectivity index (χ0n) is 9.94. The van der Waals surface area contributed by atoms with Crippen molar-refractivity contribution in [1.82, 2.24) is 10.3 Å². The van der Waals surface area contributed by atoms with Crippen molar-refractivity contribution < 1.29 is 4.79 Å². The first-order chi connectivity index (χ1) is 8.20. The number of hydrazine groups is 1. The molecule has 1 aliphatic carbocycles. The predicted molar refractivity (Wildman–Crippen MR) is 66.3 cm³/mol. The van der Waals surface area contributed by atoms with Crippen molar-refractivity contribution in [3.8, 4) is 0 Å². The molecule has 5 nitrogen and oxygen atoms in total. The molecule has 0 saturated heterocycles. The number of rotatable bonds is 4. The molecule has 1 amide bonds. The summed E-state index contributed by atoms with van der Waals surface area (Å²) in [5.74, 6) is 5.74. The van der Waals surface area contributed by atoms with E-state index in [0.717, 1.165) is 0 Å². The van der Waals surface area contributed by atoms with Crippen LogP contribution in [0.4, 0.5) is 5.69 Å². The van der Waals surface area contributed by atoms with Crippen LogP contribution < -0.4 is 16.6 Å².